The average molecular weight is 265 g/mol. The van der Waals surface area contributed by atoms with Crippen LogP contribution >= 0.6 is 0 Å². The first-order chi connectivity index (χ1) is 8.69. The standard InChI is InChI=1S/C14H27N5/c1-11(2)8-18(5)12-7-13(17-10-16-12)19(6)9-14(3,4)15/h7,10-11H,8-9,15H2,1-6H3. The molecular formula is C14H27N5. The summed E-state index contributed by atoms with van der Waals surface area (Å²) >= 11 is 0. The molecule has 1 rings (SSSR count). The summed E-state index contributed by atoms with van der Waals surface area (Å²) < 4.78 is 0. The minimum Gasteiger partial charge on any atom is -0.359 e. The van der Waals surface area contributed by atoms with Crippen molar-refractivity contribution in [3.63, 3.8) is 0 Å². The number of rotatable bonds is 6. The number of nitrogens with two attached hydrogens (primary N) is 1. The van der Waals surface area contributed by atoms with Gasteiger partial charge in [-0.2, -0.15) is 0 Å². The lowest BCUT2D eigenvalue weighted by Gasteiger charge is -2.28. The van der Waals surface area contributed by atoms with Gasteiger partial charge in [-0.25, -0.2) is 9.97 Å². The first-order valence-electron chi connectivity index (χ1n) is 6.72. The van der Waals surface area contributed by atoms with Gasteiger partial charge in [0.15, 0.2) is 0 Å². The molecule has 0 saturated carbocycles. The maximum atomic E-state index is 6.04. The van der Waals surface area contributed by atoms with Crippen LogP contribution in [-0.4, -0.2) is 42.7 Å². The Morgan fingerprint density at radius 1 is 1.16 bits per heavy atom. The molecule has 1 heterocycles. The zero-order valence-electron chi connectivity index (χ0n) is 13.0. The Morgan fingerprint density at radius 3 is 2.16 bits per heavy atom. The predicted octanol–water partition coefficient (Wildman–Crippen LogP) is 1.74. The summed E-state index contributed by atoms with van der Waals surface area (Å²) in [4.78, 5) is 12.9. The Hall–Kier alpha value is -1.36. The van der Waals surface area contributed by atoms with Gasteiger partial charge in [0.1, 0.15) is 18.0 Å². The molecule has 0 spiro atoms. The molecule has 2 N–H and O–H groups in total. The molecule has 0 radical (unpaired) electrons. The molecule has 0 aliphatic rings. The molecule has 108 valence electrons. The van der Waals surface area contributed by atoms with Crippen molar-refractivity contribution in [1.29, 1.82) is 0 Å². The first-order valence-corrected chi connectivity index (χ1v) is 6.72. The topological polar surface area (TPSA) is 58.3 Å². The number of anilines is 2. The smallest absolute Gasteiger partial charge is 0.133 e. The zero-order chi connectivity index (χ0) is 14.6. The highest BCUT2D eigenvalue weighted by molar-refractivity contribution is 5.49. The van der Waals surface area contributed by atoms with Gasteiger partial charge in [-0.3, -0.25) is 0 Å². The molecule has 1 aromatic rings. The molecule has 19 heavy (non-hydrogen) atoms. The second-order valence-electron chi connectivity index (χ2n) is 6.35. The number of nitrogens with zero attached hydrogens (tertiary/aromatic N) is 4. The molecule has 5 nitrogen and oxygen atoms in total. The van der Waals surface area contributed by atoms with Crippen LogP contribution < -0.4 is 15.5 Å². The van der Waals surface area contributed by atoms with Gasteiger partial charge in [0.05, 0.1) is 0 Å². The van der Waals surface area contributed by atoms with Crippen molar-refractivity contribution < 1.29 is 0 Å². The largest absolute Gasteiger partial charge is 0.359 e. The summed E-state index contributed by atoms with van der Waals surface area (Å²) in [6, 6.07) is 2.01. The Bertz CT molecular complexity index is 397. The molecule has 5 heteroatoms. The van der Waals surface area contributed by atoms with Crippen LogP contribution in [0.2, 0.25) is 0 Å². The molecule has 0 aromatic carbocycles. The number of hydrogen-bond acceptors (Lipinski definition) is 5. The molecule has 0 fully saturated rings. The fourth-order valence-corrected chi connectivity index (χ4v) is 2.09. The highest BCUT2D eigenvalue weighted by Gasteiger charge is 2.16. The second-order valence-corrected chi connectivity index (χ2v) is 6.35. The maximum absolute atomic E-state index is 6.04. The van der Waals surface area contributed by atoms with E-state index in [2.05, 4.69) is 40.7 Å². The normalized spacial score (nSPS) is 11.8. The van der Waals surface area contributed by atoms with Crippen LogP contribution in [0, 0.1) is 5.92 Å². The first kappa shape index (κ1) is 15.7. The Balaban J connectivity index is 2.82. The molecule has 0 aliphatic carbocycles. The number of likely N-dealkylation sites (N-methyl/N-ethyl adjacent to an activating group) is 1. The third-order valence-corrected chi connectivity index (χ3v) is 2.70. The van der Waals surface area contributed by atoms with Crippen molar-refractivity contribution in [2.24, 2.45) is 11.7 Å². The fraction of sp³-hybridized carbons (Fsp3) is 0.714. The maximum Gasteiger partial charge on any atom is 0.133 e. The Labute approximate surface area is 116 Å². The van der Waals surface area contributed by atoms with Crippen molar-refractivity contribution in [2.75, 3.05) is 37.0 Å². The van der Waals surface area contributed by atoms with E-state index in [9.17, 15) is 0 Å². The summed E-state index contributed by atoms with van der Waals surface area (Å²) in [7, 11) is 4.06. The van der Waals surface area contributed by atoms with Gasteiger partial charge in [-0.15, -0.1) is 0 Å². The fourth-order valence-electron chi connectivity index (χ4n) is 2.09. The average Bonchev–Trinajstić information content (AvgIpc) is 2.26. The lowest BCUT2D eigenvalue weighted by Crippen LogP contribution is -2.44. The van der Waals surface area contributed by atoms with Crippen LogP contribution in [0.5, 0.6) is 0 Å². The van der Waals surface area contributed by atoms with Crippen molar-refractivity contribution in [3.05, 3.63) is 12.4 Å². The van der Waals surface area contributed by atoms with Crippen molar-refractivity contribution >= 4 is 11.6 Å². The van der Waals surface area contributed by atoms with E-state index in [0.717, 1.165) is 24.7 Å². The van der Waals surface area contributed by atoms with E-state index in [1.54, 1.807) is 6.33 Å². The van der Waals surface area contributed by atoms with E-state index >= 15 is 0 Å². The molecule has 0 saturated heterocycles. The van der Waals surface area contributed by atoms with Crippen molar-refractivity contribution in [1.82, 2.24) is 9.97 Å². The lowest BCUT2D eigenvalue weighted by atomic mass is 10.1. The molecule has 0 amide bonds. The van der Waals surface area contributed by atoms with E-state index in [1.807, 2.05) is 27.0 Å². The van der Waals surface area contributed by atoms with Crippen LogP contribution in [0.15, 0.2) is 12.4 Å². The predicted molar refractivity (Wildman–Crippen MR) is 81.7 cm³/mol. The van der Waals surface area contributed by atoms with Crippen LogP contribution in [0.3, 0.4) is 0 Å². The Kier molecular flexibility index (Phi) is 5.11. The summed E-state index contributed by atoms with van der Waals surface area (Å²) in [6.07, 6.45) is 1.61. The van der Waals surface area contributed by atoms with Gasteiger partial charge in [-0.1, -0.05) is 13.8 Å². The van der Waals surface area contributed by atoms with Crippen molar-refractivity contribution in [3.8, 4) is 0 Å². The second kappa shape index (κ2) is 6.19. The zero-order valence-corrected chi connectivity index (χ0v) is 13.0. The molecule has 0 atom stereocenters. The molecular weight excluding hydrogens is 238 g/mol. The van der Waals surface area contributed by atoms with Gasteiger partial charge >= 0.3 is 0 Å². The van der Waals surface area contributed by atoms with Gasteiger partial charge in [0.25, 0.3) is 0 Å². The molecule has 0 bridgehead atoms. The SMILES string of the molecule is CC(C)CN(C)c1cc(N(C)CC(C)(C)N)ncn1. The highest BCUT2D eigenvalue weighted by atomic mass is 15.2. The summed E-state index contributed by atoms with van der Waals surface area (Å²) in [5.41, 5.74) is 5.80. The number of hydrogen-bond donors (Lipinski definition) is 1. The van der Waals surface area contributed by atoms with Crippen LogP contribution in [0.25, 0.3) is 0 Å². The third kappa shape index (κ3) is 5.42. The van der Waals surface area contributed by atoms with Crippen LogP contribution in [0.4, 0.5) is 11.6 Å². The van der Waals surface area contributed by atoms with Gasteiger partial charge in [0.2, 0.25) is 0 Å². The number of aromatic nitrogens is 2. The highest BCUT2D eigenvalue weighted by Crippen LogP contribution is 2.17. The van der Waals surface area contributed by atoms with Gasteiger partial charge in [0, 0.05) is 38.8 Å². The molecule has 0 aliphatic heterocycles. The van der Waals surface area contributed by atoms with Crippen LogP contribution in [-0.2, 0) is 0 Å². The minimum absolute atomic E-state index is 0.246. The minimum atomic E-state index is -0.246. The van der Waals surface area contributed by atoms with Gasteiger partial charge in [-0.05, 0) is 19.8 Å². The van der Waals surface area contributed by atoms with E-state index in [4.69, 9.17) is 5.73 Å². The van der Waals surface area contributed by atoms with E-state index < -0.39 is 0 Å². The van der Waals surface area contributed by atoms with Crippen LogP contribution in [0.1, 0.15) is 27.7 Å². The van der Waals surface area contributed by atoms with E-state index in [0.29, 0.717) is 5.92 Å². The third-order valence-electron chi connectivity index (χ3n) is 2.70. The molecule has 1 aromatic heterocycles. The van der Waals surface area contributed by atoms with Crippen molar-refractivity contribution in [2.45, 2.75) is 33.2 Å². The summed E-state index contributed by atoms with van der Waals surface area (Å²) in [6.45, 7) is 10.1. The van der Waals surface area contributed by atoms with E-state index in [-0.39, 0.29) is 5.54 Å². The summed E-state index contributed by atoms with van der Waals surface area (Å²) in [5.74, 6) is 2.45. The Morgan fingerprint density at radius 2 is 1.68 bits per heavy atom. The quantitative estimate of drug-likeness (QED) is 0.849. The van der Waals surface area contributed by atoms with E-state index in [1.165, 1.54) is 0 Å². The summed E-state index contributed by atoms with van der Waals surface area (Å²) in [5, 5.41) is 0. The van der Waals surface area contributed by atoms with Gasteiger partial charge < -0.3 is 15.5 Å². The lowest BCUT2D eigenvalue weighted by molar-refractivity contribution is 0.517. The monoisotopic (exact) mass is 265 g/mol. The molecule has 0 unspecified atom stereocenters.